The van der Waals surface area contributed by atoms with E-state index in [0.717, 1.165) is 29.1 Å². The molecule has 2 N–H and O–H groups in total. The van der Waals surface area contributed by atoms with Crippen molar-refractivity contribution in [1.29, 1.82) is 0 Å². The Hall–Kier alpha value is -1.47. The standard InChI is InChI=1S/C19H31BrN4O2/c1-12(2)24-10-13(3)16(11-24)23-19(21-4)22-9-14-7-15(20)18(26-6)17(8-14)25-5/h7-8,12-13,16H,9-11H2,1-6H3,(H2,21,22,23). The van der Waals surface area contributed by atoms with Gasteiger partial charge in [0, 0.05) is 38.8 Å². The predicted octanol–water partition coefficient (Wildman–Crippen LogP) is 2.86. The maximum Gasteiger partial charge on any atom is 0.191 e. The quantitative estimate of drug-likeness (QED) is 0.540. The van der Waals surface area contributed by atoms with Gasteiger partial charge in [0.05, 0.1) is 18.7 Å². The number of likely N-dealkylation sites (tertiary alicyclic amines) is 1. The molecule has 0 spiro atoms. The molecule has 2 rings (SSSR count). The topological polar surface area (TPSA) is 58.1 Å². The largest absolute Gasteiger partial charge is 0.493 e. The van der Waals surface area contributed by atoms with Crippen molar-refractivity contribution in [3.63, 3.8) is 0 Å². The highest BCUT2D eigenvalue weighted by Crippen LogP contribution is 2.36. The zero-order valence-electron chi connectivity index (χ0n) is 16.6. The summed E-state index contributed by atoms with van der Waals surface area (Å²) in [6.07, 6.45) is 0. The van der Waals surface area contributed by atoms with Crippen LogP contribution in [0.4, 0.5) is 0 Å². The fourth-order valence-corrected chi connectivity index (χ4v) is 3.89. The minimum Gasteiger partial charge on any atom is -0.493 e. The molecule has 7 heteroatoms. The van der Waals surface area contributed by atoms with Gasteiger partial charge in [-0.2, -0.15) is 0 Å². The lowest BCUT2D eigenvalue weighted by Crippen LogP contribution is -2.46. The molecule has 1 aromatic rings. The monoisotopic (exact) mass is 426 g/mol. The van der Waals surface area contributed by atoms with Crippen molar-refractivity contribution >= 4 is 21.9 Å². The van der Waals surface area contributed by atoms with Gasteiger partial charge in [0.15, 0.2) is 17.5 Å². The number of nitrogens with one attached hydrogen (secondary N) is 2. The van der Waals surface area contributed by atoms with Crippen molar-refractivity contribution in [2.45, 2.75) is 39.4 Å². The maximum atomic E-state index is 5.41. The molecule has 0 saturated carbocycles. The Labute approximate surface area is 165 Å². The highest BCUT2D eigenvalue weighted by molar-refractivity contribution is 9.10. The maximum absolute atomic E-state index is 5.41. The molecule has 26 heavy (non-hydrogen) atoms. The molecule has 1 saturated heterocycles. The second-order valence-corrected chi connectivity index (χ2v) is 7.87. The number of methoxy groups -OCH3 is 2. The summed E-state index contributed by atoms with van der Waals surface area (Å²) in [5.41, 5.74) is 1.08. The van der Waals surface area contributed by atoms with Crippen LogP contribution in [0.25, 0.3) is 0 Å². The van der Waals surface area contributed by atoms with Crippen molar-refractivity contribution in [2.75, 3.05) is 34.4 Å². The van der Waals surface area contributed by atoms with E-state index >= 15 is 0 Å². The average Bonchev–Trinajstić information content (AvgIpc) is 2.98. The van der Waals surface area contributed by atoms with Gasteiger partial charge in [-0.25, -0.2) is 0 Å². The predicted molar refractivity (Wildman–Crippen MR) is 110 cm³/mol. The van der Waals surface area contributed by atoms with Gasteiger partial charge in [0.1, 0.15) is 0 Å². The molecule has 0 bridgehead atoms. The van der Waals surface area contributed by atoms with Crippen molar-refractivity contribution in [2.24, 2.45) is 10.9 Å². The molecule has 1 fully saturated rings. The van der Waals surface area contributed by atoms with Crippen LogP contribution in [0.2, 0.25) is 0 Å². The van der Waals surface area contributed by atoms with E-state index < -0.39 is 0 Å². The van der Waals surface area contributed by atoms with Gasteiger partial charge in [-0.15, -0.1) is 0 Å². The first kappa shape index (κ1) is 20.8. The van der Waals surface area contributed by atoms with Gasteiger partial charge >= 0.3 is 0 Å². The minimum absolute atomic E-state index is 0.403. The van der Waals surface area contributed by atoms with Crippen LogP contribution in [-0.4, -0.2) is 57.3 Å². The van der Waals surface area contributed by atoms with E-state index in [1.54, 1.807) is 21.3 Å². The van der Waals surface area contributed by atoms with Crippen LogP contribution in [0.15, 0.2) is 21.6 Å². The lowest BCUT2D eigenvalue weighted by Gasteiger charge is -2.22. The molecule has 1 aliphatic heterocycles. The molecule has 0 amide bonds. The Morgan fingerprint density at radius 3 is 2.58 bits per heavy atom. The van der Waals surface area contributed by atoms with Gasteiger partial charge < -0.3 is 20.1 Å². The molecule has 146 valence electrons. The summed E-state index contributed by atoms with van der Waals surface area (Å²) >= 11 is 3.54. The summed E-state index contributed by atoms with van der Waals surface area (Å²) in [6.45, 7) is 9.59. The van der Waals surface area contributed by atoms with Gasteiger partial charge in [-0.3, -0.25) is 9.89 Å². The van der Waals surface area contributed by atoms with E-state index in [9.17, 15) is 0 Å². The van der Waals surface area contributed by atoms with Crippen molar-refractivity contribution < 1.29 is 9.47 Å². The summed E-state index contributed by atoms with van der Waals surface area (Å²) in [4.78, 5) is 6.88. The Kier molecular flexibility index (Phi) is 7.58. The molecule has 0 aliphatic carbocycles. The molecular formula is C19H31BrN4O2. The normalized spacial score (nSPS) is 21.2. The lowest BCUT2D eigenvalue weighted by molar-refractivity contribution is 0.265. The number of benzene rings is 1. The van der Waals surface area contributed by atoms with Crippen molar-refractivity contribution in [3.8, 4) is 11.5 Å². The molecule has 0 aromatic heterocycles. The third kappa shape index (κ3) is 5.04. The van der Waals surface area contributed by atoms with Crippen LogP contribution in [0.1, 0.15) is 26.3 Å². The van der Waals surface area contributed by atoms with Gasteiger partial charge in [0.2, 0.25) is 0 Å². The molecule has 2 atom stereocenters. The summed E-state index contributed by atoms with van der Waals surface area (Å²) in [7, 11) is 5.08. The SMILES string of the molecule is CN=C(NCc1cc(Br)c(OC)c(OC)c1)NC1CN(C(C)C)CC1C. The number of halogens is 1. The number of hydrogen-bond donors (Lipinski definition) is 2. The van der Waals surface area contributed by atoms with Crippen LogP contribution in [0.5, 0.6) is 11.5 Å². The number of rotatable bonds is 6. The summed E-state index contributed by atoms with van der Waals surface area (Å²) in [6, 6.07) is 4.98. The fourth-order valence-electron chi connectivity index (χ4n) is 3.24. The molecular weight excluding hydrogens is 396 g/mol. The average molecular weight is 427 g/mol. The van der Waals surface area contributed by atoms with Gasteiger partial charge in [-0.1, -0.05) is 6.92 Å². The highest BCUT2D eigenvalue weighted by atomic mass is 79.9. The first-order chi connectivity index (χ1) is 12.4. The zero-order chi connectivity index (χ0) is 19.3. The molecule has 1 aliphatic rings. The Bertz CT molecular complexity index is 636. The van der Waals surface area contributed by atoms with E-state index in [-0.39, 0.29) is 0 Å². The van der Waals surface area contributed by atoms with Crippen LogP contribution in [0.3, 0.4) is 0 Å². The number of hydrogen-bond acceptors (Lipinski definition) is 4. The van der Waals surface area contributed by atoms with Crippen LogP contribution in [-0.2, 0) is 6.54 Å². The second kappa shape index (κ2) is 9.46. The smallest absolute Gasteiger partial charge is 0.191 e. The lowest BCUT2D eigenvalue weighted by atomic mass is 10.1. The summed E-state index contributed by atoms with van der Waals surface area (Å²) in [5, 5.41) is 6.96. The zero-order valence-corrected chi connectivity index (χ0v) is 18.2. The van der Waals surface area contributed by atoms with E-state index in [0.29, 0.717) is 36.0 Å². The highest BCUT2D eigenvalue weighted by Gasteiger charge is 2.31. The third-order valence-corrected chi connectivity index (χ3v) is 5.46. The van der Waals surface area contributed by atoms with E-state index in [1.165, 1.54) is 0 Å². The van der Waals surface area contributed by atoms with Crippen LogP contribution >= 0.6 is 15.9 Å². The molecule has 6 nitrogen and oxygen atoms in total. The van der Waals surface area contributed by atoms with Crippen LogP contribution < -0.4 is 20.1 Å². The van der Waals surface area contributed by atoms with Gasteiger partial charge in [-0.05, 0) is 53.4 Å². The van der Waals surface area contributed by atoms with E-state index in [4.69, 9.17) is 9.47 Å². The van der Waals surface area contributed by atoms with Crippen LogP contribution in [0, 0.1) is 5.92 Å². The number of nitrogens with zero attached hydrogens (tertiary/aromatic N) is 2. The van der Waals surface area contributed by atoms with E-state index in [1.807, 2.05) is 12.1 Å². The fraction of sp³-hybridized carbons (Fsp3) is 0.632. The number of ether oxygens (including phenoxy) is 2. The van der Waals surface area contributed by atoms with Crippen molar-refractivity contribution in [3.05, 3.63) is 22.2 Å². The second-order valence-electron chi connectivity index (χ2n) is 7.01. The molecule has 1 heterocycles. The number of guanidine groups is 1. The Morgan fingerprint density at radius 1 is 1.31 bits per heavy atom. The first-order valence-electron chi connectivity index (χ1n) is 9.01. The van der Waals surface area contributed by atoms with Gasteiger partial charge in [0.25, 0.3) is 0 Å². The number of aliphatic imine (C=N–C) groups is 1. The molecule has 2 unspecified atom stereocenters. The summed E-state index contributed by atoms with van der Waals surface area (Å²) < 4.78 is 11.6. The van der Waals surface area contributed by atoms with Crippen molar-refractivity contribution in [1.82, 2.24) is 15.5 Å². The Morgan fingerprint density at radius 2 is 2.04 bits per heavy atom. The first-order valence-corrected chi connectivity index (χ1v) is 9.80. The Balaban J connectivity index is 1.98. The molecule has 0 radical (unpaired) electrons. The summed E-state index contributed by atoms with van der Waals surface area (Å²) in [5.74, 6) is 2.82. The third-order valence-electron chi connectivity index (χ3n) is 4.87. The molecule has 1 aromatic carbocycles. The minimum atomic E-state index is 0.403. The van der Waals surface area contributed by atoms with E-state index in [2.05, 4.69) is 57.2 Å².